The topological polar surface area (TPSA) is 100 Å². The lowest BCUT2D eigenvalue weighted by atomic mass is 10.1. The van der Waals surface area contributed by atoms with Crippen molar-refractivity contribution in [2.45, 2.75) is 6.10 Å². The third-order valence-electron chi connectivity index (χ3n) is 3.34. The first kappa shape index (κ1) is 15.9. The highest BCUT2D eigenvalue weighted by atomic mass is 16.5. The van der Waals surface area contributed by atoms with Gasteiger partial charge in [0.15, 0.2) is 11.5 Å². The zero-order valence-electron chi connectivity index (χ0n) is 12.5. The molecular weight excluding hydrogens is 290 g/mol. The summed E-state index contributed by atoms with van der Waals surface area (Å²) in [5, 5.41) is 15.2. The fourth-order valence-corrected chi connectivity index (χ4v) is 2.12. The van der Waals surface area contributed by atoms with Gasteiger partial charge in [-0.25, -0.2) is 14.5 Å². The van der Waals surface area contributed by atoms with Gasteiger partial charge in [-0.3, -0.25) is 0 Å². The van der Waals surface area contributed by atoms with E-state index >= 15 is 0 Å². The minimum Gasteiger partial charge on any atom is -0.493 e. The van der Waals surface area contributed by atoms with Gasteiger partial charge in [-0.05, 0) is 17.7 Å². The van der Waals surface area contributed by atoms with E-state index in [9.17, 15) is 14.7 Å². The third kappa shape index (κ3) is 3.40. The Balaban J connectivity index is 1.95. The number of imide groups is 1. The predicted octanol–water partition coefficient (Wildman–Crippen LogP) is 0.472. The normalized spacial score (nSPS) is 15.2. The number of hydrogen-bond donors (Lipinski definition) is 3. The van der Waals surface area contributed by atoms with Crippen LogP contribution in [0.25, 0.3) is 0 Å². The number of aliphatic hydroxyl groups is 1. The molecule has 0 unspecified atom stereocenters. The van der Waals surface area contributed by atoms with Gasteiger partial charge in [-0.2, -0.15) is 0 Å². The molecule has 0 radical (unpaired) electrons. The minimum atomic E-state index is -0.922. The molecule has 120 valence electrons. The Kier molecular flexibility index (Phi) is 5.05. The molecule has 1 aliphatic heterocycles. The van der Waals surface area contributed by atoms with Crippen molar-refractivity contribution < 1.29 is 24.2 Å². The van der Waals surface area contributed by atoms with E-state index in [4.69, 9.17) is 9.47 Å². The Hall–Kier alpha value is -2.48. The van der Waals surface area contributed by atoms with E-state index in [0.29, 0.717) is 30.2 Å². The van der Waals surface area contributed by atoms with Crippen LogP contribution in [0.5, 0.6) is 11.5 Å². The monoisotopic (exact) mass is 309 g/mol. The van der Waals surface area contributed by atoms with Gasteiger partial charge >= 0.3 is 12.1 Å². The highest BCUT2D eigenvalue weighted by Crippen LogP contribution is 2.29. The van der Waals surface area contributed by atoms with Crippen molar-refractivity contribution in [1.29, 1.82) is 0 Å². The second-order valence-corrected chi connectivity index (χ2v) is 4.70. The van der Waals surface area contributed by atoms with E-state index in [2.05, 4.69) is 10.6 Å². The van der Waals surface area contributed by atoms with E-state index < -0.39 is 18.2 Å². The van der Waals surface area contributed by atoms with Gasteiger partial charge in [0.2, 0.25) is 0 Å². The van der Waals surface area contributed by atoms with Crippen molar-refractivity contribution in [2.24, 2.45) is 0 Å². The van der Waals surface area contributed by atoms with Crippen LogP contribution < -0.4 is 20.1 Å². The number of carbonyl (C=O) groups excluding carboxylic acids is 2. The molecule has 0 aliphatic carbocycles. The molecule has 1 aromatic rings. The highest BCUT2D eigenvalue weighted by molar-refractivity contribution is 5.94. The average Bonchev–Trinajstić information content (AvgIpc) is 2.97. The predicted molar refractivity (Wildman–Crippen MR) is 78.0 cm³/mol. The second kappa shape index (κ2) is 6.99. The van der Waals surface area contributed by atoms with E-state index in [1.165, 1.54) is 14.2 Å². The first-order valence-electron chi connectivity index (χ1n) is 6.80. The quantitative estimate of drug-likeness (QED) is 0.734. The number of nitrogens with one attached hydrogen (secondary N) is 2. The molecule has 1 atom stereocenters. The molecule has 0 saturated carbocycles. The van der Waals surface area contributed by atoms with Gasteiger partial charge in [0, 0.05) is 19.6 Å². The summed E-state index contributed by atoms with van der Waals surface area (Å²) < 4.78 is 10.3. The zero-order chi connectivity index (χ0) is 16.1. The van der Waals surface area contributed by atoms with Crippen LogP contribution in [0.3, 0.4) is 0 Å². The molecule has 0 bridgehead atoms. The maximum Gasteiger partial charge on any atom is 0.325 e. The lowest BCUT2D eigenvalue weighted by Gasteiger charge is -2.17. The summed E-state index contributed by atoms with van der Waals surface area (Å²) in [6.45, 7) is 0.736. The molecule has 0 aromatic heterocycles. The molecule has 3 N–H and O–H groups in total. The van der Waals surface area contributed by atoms with Crippen molar-refractivity contribution in [1.82, 2.24) is 15.5 Å². The summed E-state index contributed by atoms with van der Waals surface area (Å²) in [7, 11) is 3.02. The smallest absolute Gasteiger partial charge is 0.325 e. The van der Waals surface area contributed by atoms with Crippen molar-refractivity contribution in [3.63, 3.8) is 0 Å². The molecule has 1 saturated heterocycles. The van der Waals surface area contributed by atoms with E-state index in [0.717, 1.165) is 4.90 Å². The SMILES string of the molecule is COc1ccc([C@H](O)CNC(=O)N2CCNC2=O)cc1OC. The van der Waals surface area contributed by atoms with Crippen LogP contribution in [0.1, 0.15) is 11.7 Å². The molecule has 1 heterocycles. The Morgan fingerprint density at radius 3 is 2.73 bits per heavy atom. The Bertz CT molecular complexity index is 563. The standard InChI is InChI=1S/C14H19N3O5/c1-21-11-4-3-9(7-12(11)22-2)10(18)8-16-14(20)17-6-5-15-13(17)19/h3-4,7,10,18H,5-6,8H2,1-2H3,(H,15,19)(H,16,20)/t10-/m1/s1. The third-order valence-corrected chi connectivity index (χ3v) is 3.34. The van der Waals surface area contributed by atoms with Crippen LogP contribution in [0, 0.1) is 0 Å². The van der Waals surface area contributed by atoms with Crippen LogP contribution >= 0.6 is 0 Å². The molecule has 0 spiro atoms. The maximum atomic E-state index is 11.8. The molecule has 22 heavy (non-hydrogen) atoms. The number of rotatable bonds is 5. The number of methoxy groups -OCH3 is 2. The fraction of sp³-hybridized carbons (Fsp3) is 0.429. The van der Waals surface area contributed by atoms with Gasteiger partial charge in [0.1, 0.15) is 0 Å². The number of ether oxygens (including phenoxy) is 2. The number of benzene rings is 1. The first-order valence-corrected chi connectivity index (χ1v) is 6.80. The van der Waals surface area contributed by atoms with E-state index in [1.54, 1.807) is 18.2 Å². The summed E-state index contributed by atoms with van der Waals surface area (Å²) in [4.78, 5) is 24.2. The van der Waals surface area contributed by atoms with Gasteiger partial charge in [-0.1, -0.05) is 6.07 Å². The Labute approximate surface area is 128 Å². The Morgan fingerprint density at radius 2 is 2.14 bits per heavy atom. The maximum absolute atomic E-state index is 11.8. The average molecular weight is 309 g/mol. The van der Waals surface area contributed by atoms with Crippen LogP contribution in [0.4, 0.5) is 9.59 Å². The van der Waals surface area contributed by atoms with Gasteiger partial charge in [-0.15, -0.1) is 0 Å². The summed E-state index contributed by atoms with van der Waals surface area (Å²) in [6, 6.07) is 4.03. The van der Waals surface area contributed by atoms with E-state index in [-0.39, 0.29) is 6.54 Å². The van der Waals surface area contributed by atoms with Crippen LogP contribution in [-0.4, -0.2) is 55.9 Å². The summed E-state index contributed by atoms with van der Waals surface area (Å²) >= 11 is 0. The number of aliphatic hydroxyl groups excluding tert-OH is 1. The van der Waals surface area contributed by atoms with Crippen molar-refractivity contribution in [3.05, 3.63) is 23.8 Å². The van der Waals surface area contributed by atoms with Crippen LogP contribution in [0.2, 0.25) is 0 Å². The largest absolute Gasteiger partial charge is 0.493 e. The number of amides is 4. The minimum absolute atomic E-state index is 0.0158. The number of carbonyl (C=O) groups is 2. The van der Waals surface area contributed by atoms with Crippen molar-refractivity contribution >= 4 is 12.1 Å². The molecule has 8 nitrogen and oxygen atoms in total. The Morgan fingerprint density at radius 1 is 1.41 bits per heavy atom. The molecule has 1 aromatic carbocycles. The van der Waals surface area contributed by atoms with Gasteiger partial charge in [0.25, 0.3) is 0 Å². The number of nitrogens with zero attached hydrogens (tertiary/aromatic N) is 1. The highest BCUT2D eigenvalue weighted by Gasteiger charge is 2.26. The summed E-state index contributed by atoms with van der Waals surface area (Å²) in [6.07, 6.45) is -0.922. The lowest BCUT2D eigenvalue weighted by molar-refractivity contribution is 0.165. The molecular formula is C14H19N3O5. The summed E-state index contributed by atoms with van der Waals surface area (Å²) in [5.74, 6) is 1.04. The van der Waals surface area contributed by atoms with Gasteiger partial charge < -0.3 is 25.2 Å². The fourth-order valence-electron chi connectivity index (χ4n) is 2.12. The van der Waals surface area contributed by atoms with Crippen LogP contribution in [-0.2, 0) is 0 Å². The second-order valence-electron chi connectivity index (χ2n) is 4.70. The molecule has 2 rings (SSSR count). The summed E-state index contributed by atoms with van der Waals surface area (Å²) in [5.41, 5.74) is 0.573. The molecule has 4 amide bonds. The molecule has 1 aliphatic rings. The zero-order valence-corrected chi connectivity index (χ0v) is 12.5. The number of urea groups is 2. The lowest BCUT2D eigenvalue weighted by Crippen LogP contribution is -2.43. The van der Waals surface area contributed by atoms with Gasteiger partial charge in [0.05, 0.1) is 20.3 Å². The van der Waals surface area contributed by atoms with Crippen molar-refractivity contribution in [3.8, 4) is 11.5 Å². The molecule has 1 fully saturated rings. The van der Waals surface area contributed by atoms with E-state index in [1.807, 2.05) is 0 Å². The van der Waals surface area contributed by atoms with Crippen molar-refractivity contribution in [2.75, 3.05) is 33.9 Å². The van der Waals surface area contributed by atoms with Crippen LogP contribution in [0.15, 0.2) is 18.2 Å². The molecule has 8 heteroatoms. The number of hydrogen-bond acceptors (Lipinski definition) is 5. The first-order chi connectivity index (χ1) is 10.6.